The van der Waals surface area contributed by atoms with Crippen LogP contribution in [0.5, 0.6) is 0 Å². The normalized spacial score (nSPS) is 29.2. The summed E-state index contributed by atoms with van der Waals surface area (Å²) in [6.45, 7) is 6.82. The van der Waals surface area contributed by atoms with Gasteiger partial charge in [0.2, 0.25) is 3.79 Å². The van der Waals surface area contributed by atoms with Crippen LogP contribution in [-0.4, -0.2) is 40.6 Å². The summed E-state index contributed by atoms with van der Waals surface area (Å²) in [5.41, 5.74) is 0. The van der Waals surface area contributed by atoms with E-state index < -0.39 is 30.2 Å². The van der Waals surface area contributed by atoms with E-state index in [9.17, 15) is 10.2 Å². The lowest BCUT2D eigenvalue weighted by molar-refractivity contribution is 0.00912. The Morgan fingerprint density at radius 2 is 1.39 bits per heavy atom. The molecule has 33 heavy (non-hydrogen) atoms. The number of fused-ring (bicyclic) bond motifs is 1. The molecule has 3 nitrogen and oxygen atoms in total. The summed E-state index contributed by atoms with van der Waals surface area (Å²) in [6, 6.07) is 21.2. The first-order valence-electron chi connectivity index (χ1n) is 11.7. The fourth-order valence-electron chi connectivity index (χ4n) is 6.30. The first-order valence-corrected chi connectivity index (χ1v) is 14.7. The van der Waals surface area contributed by atoms with E-state index >= 15 is 0 Å². The molecule has 7 heteroatoms. The third kappa shape index (κ3) is 4.78. The van der Waals surface area contributed by atoms with Gasteiger partial charge in [0, 0.05) is 12.0 Å². The predicted octanol–water partition coefficient (Wildman–Crippen LogP) is 5.07. The molecule has 0 heterocycles. The molecule has 0 unspecified atom stereocenters. The fraction of sp³-hybridized carbons (Fsp3) is 0.538. The largest absolute Gasteiger partial charge is 0.404 e. The van der Waals surface area contributed by atoms with Crippen LogP contribution in [0.25, 0.3) is 0 Å². The number of halogens is 3. The molecule has 180 valence electrons. The van der Waals surface area contributed by atoms with E-state index in [0.29, 0.717) is 6.42 Å². The number of aliphatic hydroxyl groups is 2. The van der Waals surface area contributed by atoms with Crippen molar-refractivity contribution in [1.29, 1.82) is 0 Å². The molecular formula is C26H33Cl3O3Si. The van der Waals surface area contributed by atoms with E-state index in [2.05, 4.69) is 69.3 Å². The minimum absolute atomic E-state index is 0.0175. The average Bonchev–Trinajstić information content (AvgIpc) is 3.26. The van der Waals surface area contributed by atoms with Gasteiger partial charge in [0.25, 0.3) is 8.32 Å². The molecule has 0 aliphatic heterocycles. The van der Waals surface area contributed by atoms with Gasteiger partial charge in [0.1, 0.15) is 6.10 Å². The number of benzene rings is 2. The van der Waals surface area contributed by atoms with Gasteiger partial charge in [-0.05, 0) is 46.5 Å². The van der Waals surface area contributed by atoms with Crippen LogP contribution in [0, 0.1) is 17.8 Å². The Bertz CT molecular complexity index is 890. The summed E-state index contributed by atoms with van der Waals surface area (Å²) in [5.74, 6) is -0.153. The quantitative estimate of drug-likeness (QED) is 0.422. The first kappa shape index (κ1) is 25.5. The Balaban J connectivity index is 1.69. The summed E-state index contributed by atoms with van der Waals surface area (Å²) in [7, 11) is -2.67. The number of rotatable bonds is 5. The molecule has 0 saturated heterocycles. The van der Waals surface area contributed by atoms with Gasteiger partial charge in [0.05, 0.1) is 6.10 Å². The van der Waals surface area contributed by atoms with Crippen molar-refractivity contribution in [3.05, 3.63) is 60.7 Å². The smallest absolute Gasteiger partial charge is 0.261 e. The highest BCUT2D eigenvalue weighted by atomic mass is 35.6. The van der Waals surface area contributed by atoms with Crippen LogP contribution in [0.2, 0.25) is 5.04 Å². The molecule has 0 radical (unpaired) electrons. The number of aliphatic hydroxyl groups excluding tert-OH is 2. The van der Waals surface area contributed by atoms with Crippen molar-refractivity contribution in [2.45, 2.75) is 67.2 Å². The van der Waals surface area contributed by atoms with E-state index in [0.717, 1.165) is 12.8 Å². The fourth-order valence-corrected chi connectivity index (χ4v) is 11.4. The second-order valence-electron chi connectivity index (χ2n) is 10.7. The highest BCUT2D eigenvalue weighted by Crippen LogP contribution is 2.53. The molecule has 2 aromatic carbocycles. The molecule has 2 aromatic rings. The zero-order valence-corrected chi connectivity index (χ0v) is 22.6. The summed E-state index contributed by atoms with van der Waals surface area (Å²) >= 11 is 18.1. The number of hydrogen-bond donors (Lipinski definition) is 2. The molecule has 2 aliphatic rings. The number of hydrogen-bond acceptors (Lipinski definition) is 3. The zero-order valence-electron chi connectivity index (χ0n) is 19.3. The molecule has 2 fully saturated rings. The molecule has 6 atom stereocenters. The van der Waals surface area contributed by atoms with Crippen molar-refractivity contribution < 1.29 is 14.6 Å². The summed E-state index contributed by atoms with van der Waals surface area (Å²) in [6.07, 6.45) is 0.333. The lowest BCUT2D eigenvalue weighted by Crippen LogP contribution is -2.67. The van der Waals surface area contributed by atoms with Gasteiger partial charge in [-0.1, -0.05) is 116 Å². The van der Waals surface area contributed by atoms with E-state index in [4.69, 9.17) is 39.2 Å². The van der Waals surface area contributed by atoms with Crippen molar-refractivity contribution in [3.63, 3.8) is 0 Å². The van der Waals surface area contributed by atoms with Gasteiger partial charge in [-0.15, -0.1) is 0 Å². The Morgan fingerprint density at radius 1 is 0.879 bits per heavy atom. The van der Waals surface area contributed by atoms with Gasteiger partial charge >= 0.3 is 0 Å². The standard InChI is InChI=1S/C26H33Cl3O3Si/c1-25(2,3)33(19-10-6-4-7-11-19,20-12-8-5-9-13-20)32-18-14-17-15-22(30)23(21(17)16-18)24(31)26(27,28)29/h4-13,17-18,21-24,30-31H,14-16H2,1-3H3/t17-,18-,21-,22+,23+,24+/m0/s1. The van der Waals surface area contributed by atoms with Gasteiger partial charge in [-0.25, -0.2) is 0 Å². The maximum atomic E-state index is 10.7. The summed E-state index contributed by atoms with van der Waals surface area (Å²) in [5, 5.41) is 23.8. The van der Waals surface area contributed by atoms with Crippen LogP contribution >= 0.6 is 34.8 Å². The van der Waals surface area contributed by atoms with Crippen molar-refractivity contribution in [3.8, 4) is 0 Å². The second-order valence-corrected chi connectivity index (χ2v) is 17.3. The molecule has 0 aromatic heterocycles. The van der Waals surface area contributed by atoms with E-state index in [-0.39, 0.29) is 23.0 Å². The SMILES string of the molecule is CC(C)(C)[Si](O[C@H]1C[C@H]2C[C@@H](O)[C@H]([C@@H](O)C(Cl)(Cl)Cl)[C@H]2C1)(c1ccccc1)c1ccccc1. The van der Waals surface area contributed by atoms with Crippen LogP contribution in [0.1, 0.15) is 40.0 Å². The molecule has 4 rings (SSSR count). The third-order valence-electron chi connectivity index (χ3n) is 7.65. The maximum Gasteiger partial charge on any atom is 0.261 e. The average molecular weight is 528 g/mol. The van der Waals surface area contributed by atoms with Crippen LogP contribution in [-0.2, 0) is 4.43 Å². The summed E-state index contributed by atoms with van der Waals surface area (Å²) in [4.78, 5) is 0. The van der Waals surface area contributed by atoms with Crippen LogP contribution in [0.15, 0.2) is 60.7 Å². The van der Waals surface area contributed by atoms with E-state index in [1.54, 1.807) is 0 Å². The first-order chi connectivity index (χ1) is 15.4. The van der Waals surface area contributed by atoms with E-state index in [1.165, 1.54) is 10.4 Å². The van der Waals surface area contributed by atoms with Crippen molar-refractivity contribution in [1.82, 2.24) is 0 Å². The zero-order chi connectivity index (χ0) is 24.0. The van der Waals surface area contributed by atoms with Gasteiger partial charge in [0.15, 0.2) is 0 Å². The minimum Gasteiger partial charge on any atom is -0.404 e. The highest BCUT2D eigenvalue weighted by Gasteiger charge is 2.57. The molecule has 2 N–H and O–H groups in total. The van der Waals surface area contributed by atoms with Crippen molar-refractivity contribution in [2.75, 3.05) is 0 Å². The minimum atomic E-state index is -2.67. The third-order valence-corrected chi connectivity index (χ3v) is 13.4. The van der Waals surface area contributed by atoms with Crippen molar-refractivity contribution in [2.24, 2.45) is 17.8 Å². The molecular weight excluding hydrogens is 495 g/mol. The van der Waals surface area contributed by atoms with Gasteiger partial charge in [-0.2, -0.15) is 0 Å². The molecule has 0 spiro atoms. The molecule has 0 bridgehead atoms. The van der Waals surface area contributed by atoms with E-state index in [1.807, 2.05) is 12.1 Å². The topological polar surface area (TPSA) is 49.7 Å². The number of alkyl halides is 3. The Labute approximate surface area is 213 Å². The van der Waals surface area contributed by atoms with Gasteiger partial charge in [-0.3, -0.25) is 0 Å². The molecule has 0 amide bonds. The molecule has 2 saturated carbocycles. The summed E-state index contributed by atoms with van der Waals surface area (Å²) < 4.78 is 5.48. The highest BCUT2D eigenvalue weighted by molar-refractivity contribution is 6.99. The second kappa shape index (κ2) is 9.46. The molecule has 2 aliphatic carbocycles. The maximum absolute atomic E-state index is 10.7. The Kier molecular flexibility index (Phi) is 7.31. The van der Waals surface area contributed by atoms with Crippen LogP contribution in [0.3, 0.4) is 0 Å². The monoisotopic (exact) mass is 526 g/mol. The van der Waals surface area contributed by atoms with Crippen LogP contribution < -0.4 is 10.4 Å². The lowest BCUT2D eigenvalue weighted by atomic mass is 9.87. The van der Waals surface area contributed by atoms with Crippen molar-refractivity contribution >= 4 is 53.5 Å². The Morgan fingerprint density at radius 3 is 1.85 bits per heavy atom. The Hall–Kier alpha value is -0.593. The predicted molar refractivity (Wildman–Crippen MR) is 139 cm³/mol. The lowest BCUT2D eigenvalue weighted by Gasteiger charge is -2.45. The van der Waals surface area contributed by atoms with Crippen LogP contribution in [0.4, 0.5) is 0 Å². The van der Waals surface area contributed by atoms with Gasteiger partial charge < -0.3 is 14.6 Å².